The third-order valence-electron chi connectivity index (χ3n) is 4.24. The second kappa shape index (κ2) is 6.40. The zero-order valence-electron chi connectivity index (χ0n) is 13.3. The molecule has 0 saturated heterocycles. The molecule has 2 nitrogen and oxygen atoms in total. The van der Waals surface area contributed by atoms with Crippen LogP contribution in [0, 0.1) is 28.9 Å². The van der Waals surface area contributed by atoms with Gasteiger partial charge in [0.2, 0.25) is 0 Å². The van der Waals surface area contributed by atoms with Crippen molar-refractivity contribution in [3.63, 3.8) is 0 Å². The number of benzene rings is 1. The average molecular weight is 363 g/mol. The highest BCUT2D eigenvalue weighted by Crippen LogP contribution is 2.59. The van der Waals surface area contributed by atoms with Crippen molar-refractivity contribution in [1.29, 1.82) is 0 Å². The lowest BCUT2D eigenvalue weighted by Crippen LogP contribution is -2.11. The fraction of sp³-hybridized carbons (Fsp3) is 0.471. The van der Waals surface area contributed by atoms with Gasteiger partial charge in [0.25, 0.3) is 0 Å². The van der Waals surface area contributed by atoms with Crippen LogP contribution in [0.25, 0.3) is 0 Å². The van der Waals surface area contributed by atoms with E-state index in [1.54, 1.807) is 0 Å². The summed E-state index contributed by atoms with van der Waals surface area (Å²) in [5.74, 6) is -2.49. The zero-order valence-corrected chi connectivity index (χ0v) is 14.9. The van der Waals surface area contributed by atoms with Gasteiger partial charge in [-0.1, -0.05) is 48.7 Å². The number of esters is 1. The fourth-order valence-electron chi connectivity index (χ4n) is 2.78. The molecule has 6 heteroatoms. The molecule has 2 atom stereocenters. The number of rotatable bonds is 4. The minimum atomic E-state index is -0.936. The Morgan fingerprint density at radius 2 is 1.78 bits per heavy atom. The highest BCUT2D eigenvalue weighted by Gasteiger charge is 2.61. The molecular weight excluding hydrogens is 345 g/mol. The zero-order chi connectivity index (χ0) is 17.5. The summed E-state index contributed by atoms with van der Waals surface area (Å²) in [6, 6.07) is 0.602. The van der Waals surface area contributed by atoms with Gasteiger partial charge in [0.1, 0.15) is 18.2 Å². The van der Waals surface area contributed by atoms with Crippen molar-refractivity contribution in [1.82, 2.24) is 0 Å². The van der Waals surface area contributed by atoms with Crippen LogP contribution in [0.2, 0.25) is 10.0 Å². The summed E-state index contributed by atoms with van der Waals surface area (Å²) in [5.41, 5.74) is 0.864. The predicted octanol–water partition coefficient (Wildman–Crippen LogP) is 5.55. The van der Waals surface area contributed by atoms with Gasteiger partial charge in [-0.15, -0.1) is 0 Å². The van der Waals surface area contributed by atoms with Gasteiger partial charge in [0, 0.05) is 11.6 Å². The molecule has 0 N–H and O–H groups in total. The summed E-state index contributed by atoms with van der Waals surface area (Å²) in [6.07, 6.45) is 2.04. The number of halogens is 4. The number of hydrogen-bond donors (Lipinski definition) is 0. The topological polar surface area (TPSA) is 26.3 Å². The maximum Gasteiger partial charge on any atom is 0.310 e. The summed E-state index contributed by atoms with van der Waals surface area (Å²) in [5, 5.41) is -0.666. The van der Waals surface area contributed by atoms with E-state index in [-0.39, 0.29) is 39.5 Å². The Kier molecular flexibility index (Phi) is 5.07. The number of hydrogen-bond acceptors (Lipinski definition) is 2. The summed E-state index contributed by atoms with van der Waals surface area (Å²) in [6.45, 7) is 7.52. The molecule has 0 aliphatic heterocycles. The van der Waals surface area contributed by atoms with E-state index in [2.05, 4.69) is 0 Å². The highest BCUT2D eigenvalue weighted by molar-refractivity contribution is 6.36. The van der Waals surface area contributed by atoms with Crippen LogP contribution in [-0.2, 0) is 16.1 Å². The highest BCUT2D eigenvalue weighted by atomic mass is 35.5. The standard InChI is InChI=1S/C17H18Cl2F2O2/c1-8(2)5-10-13(17(10,3)4)16(22)23-7-9-14(18)11(20)6-12(21)15(9)19/h5-6,10,13H,7H2,1-4H3/t10-,13+/m1/s1. The van der Waals surface area contributed by atoms with Crippen LogP contribution in [-0.4, -0.2) is 5.97 Å². The van der Waals surface area contributed by atoms with E-state index in [1.165, 1.54) is 0 Å². The minimum Gasteiger partial charge on any atom is -0.460 e. The molecule has 1 aromatic carbocycles. The molecule has 0 bridgehead atoms. The van der Waals surface area contributed by atoms with Crippen molar-refractivity contribution in [2.24, 2.45) is 17.3 Å². The van der Waals surface area contributed by atoms with Gasteiger partial charge in [-0.05, 0) is 25.2 Å². The van der Waals surface area contributed by atoms with E-state index in [0.29, 0.717) is 6.07 Å². The Balaban J connectivity index is 2.11. The van der Waals surface area contributed by atoms with Crippen molar-refractivity contribution in [2.75, 3.05) is 0 Å². The molecule has 0 heterocycles. The maximum atomic E-state index is 13.5. The van der Waals surface area contributed by atoms with Gasteiger partial charge in [-0.25, -0.2) is 8.78 Å². The van der Waals surface area contributed by atoms with E-state index in [9.17, 15) is 13.6 Å². The molecule has 1 aliphatic rings. The normalized spacial score (nSPS) is 21.7. The number of allylic oxidation sites excluding steroid dienone is 2. The van der Waals surface area contributed by atoms with Crippen LogP contribution in [0.1, 0.15) is 33.3 Å². The third-order valence-corrected chi connectivity index (χ3v) is 5.06. The molecule has 0 amide bonds. The summed E-state index contributed by atoms with van der Waals surface area (Å²) >= 11 is 11.6. The monoisotopic (exact) mass is 362 g/mol. The first-order valence-electron chi connectivity index (χ1n) is 7.21. The van der Waals surface area contributed by atoms with Crippen LogP contribution in [0.3, 0.4) is 0 Å². The van der Waals surface area contributed by atoms with Crippen molar-refractivity contribution in [3.05, 3.63) is 45.0 Å². The predicted molar refractivity (Wildman–Crippen MR) is 86.4 cm³/mol. The van der Waals surface area contributed by atoms with E-state index in [1.807, 2.05) is 33.8 Å². The Morgan fingerprint density at radius 3 is 2.26 bits per heavy atom. The Bertz CT molecular complexity index is 653. The number of ether oxygens (including phenoxy) is 1. The van der Waals surface area contributed by atoms with Crippen LogP contribution in [0.5, 0.6) is 0 Å². The second-order valence-corrected chi connectivity index (χ2v) is 7.38. The Morgan fingerprint density at radius 1 is 1.26 bits per heavy atom. The lowest BCUT2D eigenvalue weighted by atomic mass is 10.1. The van der Waals surface area contributed by atoms with Crippen molar-refractivity contribution < 1.29 is 18.3 Å². The minimum absolute atomic E-state index is 0.0589. The van der Waals surface area contributed by atoms with Crippen LogP contribution in [0.15, 0.2) is 17.7 Å². The van der Waals surface area contributed by atoms with E-state index < -0.39 is 17.6 Å². The van der Waals surface area contributed by atoms with Crippen LogP contribution < -0.4 is 0 Å². The van der Waals surface area contributed by atoms with Gasteiger partial charge in [0.05, 0.1) is 16.0 Å². The molecule has 23 heavy (non-hydrogen) atoms. The molecule has 1 aromatic rings. The molecule has 1 saturated carbocycles. The first kappa shape index (κ1) is 18.2. The maximum absolute atomic E-state index is 13.5. The van der Waals surface area contributed by atoms with E-state index in [4.69, 9.17) is 27.9 Å². The van der Waals surface area contributed by atoms with Crippen LogP contribution >= 0.6 is 23.2 Å². The smallest absolute Gasteiger partial charge is 0.310 e. The number of carbonyl (C=O) groups excluding carboxylic acids is 1. The van der Waals surface area contributed by atoms with E-state index in [0.717, 1.165) is 5.57 Å². The lowest BCUT2D eigenvalue weighted by Gasteiger charge is -2.10. The molecule has 2 rings (SSSR count). The Labute approximate surface area is 144 Å². The first-order valence-corrected chi connectivity index (χ1v) is 7.96. The van der Waals surface area contributed by atoms with Gasteiger partial charge in [-0.2, -0.15) is 0 Å². The summed E-state index contributed by atoms with van der Waals surface area (Å²) in [7, 11) is 0. The van der Waals surface area contributed by atoms with Gasteiger partial charge in [0.15, 0.2) is 0 Å². The van der Waals surface area contributed by atoms with Crippen molar-refractivity contribution in [3.8, 4) is 0 Å². The second-order valence-electron chi connectivity index (χ2n) is 6.62. The molecular formula is C17H18Cl2F2O2. The fourth-order valence-corrected chi connectivity index (χ4v) is 3.24. The number of carbonyl (C=O) groups is 1. The summed E-state index contributed by atoms with van der Waals surface area (Å²) in [4.78, 5) is 12.3. The third kappa shape index (κ3) is 3.53. The molecule has 126 valence electrons. The molecule has 1 aliphatic carbocycles. The van der Waals surface area contributed by atoms with Crippen LogP contribution in [0.4, 0.5) is 8.78 Å². The van der Waals surface area contributed by atoms with Gasteiger partial charge < -0.3 is 4.74 Å². The van der Waals surface area contributed by atoms with Crippen molar-refractivity contribution >= 4 is 29.2 Å². The Hall–Kier alpha value is -1.13. The molecule has 0 aromatic heterocycles. The largest absolute Gasteiger partial charge is 0.460 e. The van der Waals surface area contributed by atoms with Crippen molar-refractivity contribution in [2.45, 2.75) is 34.3 Å². The van der Waals surface area contributed by atoms with E-state index >= 15 is 0 Å². The molecule has 0 unspecified atom stereocenters. The molecule has 0 spiro atoms. The average Bonchev–Trinajstić information content (AvgIpc) is 2.96. The summed E-state index contributed by atoms with van der Waals surface area (Å²) < 4.78 is 32.1. The SMILES string of the molecule is CC(C)=C[C@@H]1[C@@H](C(=O)OCc2c(Cl)c(F)cc(F)c2Cl)C1(C)C. The van der Waals surface area contributed by atoms with Gasteiger partial charge >= 0.3 is 5.97 Å². The molecule has 0 radical (unpaired) electrons. The first-order chi connectivity index (χ1) is 10.6. The quantitative estimate of drug-likeness (QED) is 0.398. The lowest BCUT2D eigenvalue weighted by molar-refractivity contribution is -0.147. The molecule has 1 fully saturated rings. The van der Waals surface area contributed by atoms with Gasteiger partial charge in [-0.3, -0.25) is 4.79 Å².